The van der Waals surface area contributed by atoms with E-state index in [1.807, 2.05) is 48.7 Å². The predicted molar refractivity (Wildman–Crippen MR) is 111 cm³/mol. The van der Waals surface area contributed by atoms with Crippen molar-refractivity contribution in [2.75, 3.05) is 5.32 Å². The fraction of sp³-hybridized carbons (Fsp3) is 0.158. The molecule has 0 fully saturated rings. The van der Waals surface area contributed by atoms with Crippen molar-refractivity contribution in [3.05, 3.63) is 81.3 Å². The molecule has 0 aliphatic heterocycles. The lowest BCUT2D eigenvalue weighted by Gasteiger charge is -2.09. The van der Waals surface area contributed by atoms with Crippen LogP contribution in [0.25, 0.3) is 0 Å². The minimum atomic E-state index is -0.284. The topological polar surface area (TPSA) is 42.0 Å². The van der Waals surface area contributed by atoms with Crippen LogP contribution in [0.15, 0.2) is 65.3 Å². The molecule has 0 aliphatic rings. The number of rotatable bonds is 6. The Balaban J connectivity index is 1.57. The van der Waals surface area contributed by atoms with Gasteiger partial charge in [0.25, 0.3) is 0 Å². The molecule has 1 aromatic heterocycles. The summed E-state index contributed by atoms with van der Waals surface area (Å²) in [6.07, 6.45) is 3.27. The van der Waals surface area contributed by atoms with Crippen LogP contribution in [0.3, 0.4) is 0 Å². The number of nitrogens with zero attached hydrogens (tertiary/aromatic N) is 1. The number of benzene rings is 2. The van der Waals surface area contributed by atoms with Crippen LogP contribution in [0.2, 0.25) is 0 Å². The van der Waals surface area contributed by atoms with Crippen molar-refractivity contribution in [2.45, 2.75) is 17.7 Å². The van der Waals surface area contributed by atoms with E-state index in [1.165, 1.54) is 16.9 Å². The number of aromatic nitrogens is 1. The maximum absolute atomic E-state index is 12.3. The summed E-state index contributed by atoms with van der Waals surface area (Å²) in [5.74, 6) is -0.0756. The molecule has 0 saturated heterocycles. The van der Waals surface area contributed by atoms with E-state index in [0.717, 1.165) is 21.3 Å². The lowest BCUT2D eigenvalue weighted by Crippen LogP contribution is -2.24. The Bertz CT molecular complexity index is 834. The summed E-state index contributed by atoms with van der Waals surface area (Å²) in [6.45, 7) is 0. The van der Waals surface area contributed by atoms with Gasteiger partial charge in [0, 0.05) is 22.0 Å². The molecule has 1 unspecified atom stereocenters. The Labute approximate surface area is 167 Å². The number of amides is 1. The van der Waals surface area contributed by atoms with Crippen molar-refractivity contribution in [3.63, 3.8) is 0 Å². The van der Waals surface area contributed by atoms with E-state index in [4.69, 9.17) is 0 Å². The van der Waals surface area contributed by atoms with Gasteiger partial charge in [0.1, 0.15) is 0 Å². The van der Waals surface area contributed by atoms with Gasteiger partial charge in [0.05, 0.1) is 4.83 Å². The molecule has 1 N–H and O–H groups in total. The fourth-order valence-electron chi connectivity index (χ4n) is 2.35. The van der Waals surface area contributed by atoms with Crippen LogP contribution in [0, 0.1) is 0 Å². The van der Waals surface area contributed by atoms with Crippen LogP contribution >= 0.6 is 43.2 Å². The first-order valence-corrected chi connectivity index (χ1v) is 10.3. The van der Waals surface area contributed by atoms with Gasteiger partial charge in [-0.2, -0.15) is 0 Å². The number of thiazole rings is 1. The molecule has 0 saturated carbocycles. The Hall–Kier alpha value is -1.50. The molecule has 0 aliphatic carbocycles. The summed E-state index contributed by atoms with van der Waals surface area (Å²) < 4.78 is 1.07. The maximum Gasteiger partial charge on any atom is 0.240 e. The molecule has 6 heteroatoms. The van der Waals surface area contributed by atoms with Gasteiger partial charge in [-0.15, -0.1) is 11.3 Å². The summed E-state index contributed by atoms with van der Waals surface area (Å²) in [7, 11) is 0. The summed E-state index contributed by atoms with van der Waals surface area (Å²) in [5, 5.41) is 3.53. The fourth-order valence-corrected chi connectivity index (χ4v) is 3.95. The number of alkyl halides is 1. The van der Waals surface area contributed by atoms with Crippen molar-refractivity contribution < 1.29 is 4.79 Å². The first-order chi connectivity index (χ1) is 12.1. The summed E-state index contributed by atoms with van der Waals surface area (Å²) >= 11 is 8.41. The SMILES string of the molecule is O=C(Nc1ncc(Cc2ccc(Br)cc2)s1)C(Br)Cc1ccccc1. The number of hydrogen-bond acceptors (Lipinski definition) is 3. The maximum atomic E-state index is 12.3. The third-order valence-electron chi connectivity index (χ3n) is 3.62. The monoisotopic (exact) mass is 478 g/mol. The molecule has 1 atom stereocenters. The highest BCUT2D eigenvalue weighted by Gasteiger charge is 2.17. The highest BCUT2D eigenvalue weighted by Crippen LogP contribution is 2.23. The lowest BCUT2D eigenvalue weighted by atomic mass is 10.1. The molecule has 1 heterocycles. The van der Waals surface area contributed by atoms with Crippen molar-refractivity contribution in [1.82, 2.24) is 4.98 Å². The van der Waals surface area contributed by atoms with Crippen LogP contribution < -0.4 is 5.32 Å². The van der Waals surface area contributed by atoms with Crippen LogP contribution in [-0.4, -0.2) is 15.7 Å². The average molecular weight is 480 g/mol. The minimum absolute atomic E-state index is 0.0756. The molecule has 2 aromatic carbocycles. The van der Waals surface area contributed by atoms with E-state index in [2.05, 4.69) is 54.3 Å². The number of anilines is 1. The van der Waals surface area contributed by atoms with Gasteiger partial charge in [-0.3, -0.25) is 4.79 Å². The van der Waals surface area contributed by atoms with Gasteiger partial charge in [-0.05, 0) is 29.7 Å². The first kappa shape index (κ1) is 18.3. The van der Waals surface area contributed by atoms with E-state index in [-0.39, 0.29) is 10.7 Å². The summed E-state index contributed by atoms with van der Waals surface area (Å²) in [4.78, 5) is 17.5. The average Bonchev–Trinajstić information content (AvgIpc) is 3.04. The van der Waals surface area contributed by atoms with E-state index >= 15 is 0 Å². The predicted octanol–water partition coefficient (Wildman–Crippen LogP) is 5.44. The van der Waals surface area contributed by atoms with Crippen molar-refractivity contribution in [2.24, 2.45) is 0 Å². The van der Waals surface area contributed by atoms with Crippen LogP contribution in [0.4, 0.5) is 5.13 Å². The van der Waals surface area contributed by atoms with E-state index in [0.29, 0.717) is 11.6 Å². The standard InChI is InChI=1S/C19H16Br2N2OS/c20-15-8-6-14(7-9-15)10-16-12-22-19(25-16)23-18(24)17(21)11-13-4-2-1-3-5-13/h1-9,12,17H,10-11H2,(H,22,23,24). The minimum Gasteiger partial charge on any atom is -0.301 e. The second kappa shape index (κ2) is 8.74. The zero-order chi connectivity index (χ0) is 17.6. The summed E-state index contributed by atoms with van der Waals surface area (Å²) in [5.41, 5.74) is 2.33. The number of halogens is 2. The van der Waals surface area contributed by atoms with Gasteiger partial charge in [-0.25, -0.2) is 4.98 Å². The Morgan fingerprint density at radius 2 is 1.80 bits per heavy atom. The van der Waals surface area contributed by atoms with Gasteiger partial charge in [0.15, 0.2) is 5.13 Å². The molecule has 0 spiro atoms. The molecule has 1 amide bonds. The Morgan fingerprint density at radius 3 is 2.52 bits per heavy atom. The van der Waals surface area contributed by atoms with E-state index in [1.54, 1.807) is 0 Å². The number of nitrogens with one attached hydrogen (secondary N) is 1. The molecule has 25 heavy (non-hydrogen) atoms. The lowest BCUT2D eigenvalue weighted by molar-refractivity contribution is -0.115. The quantitative estimate of drug-likeness (QED) is 0.478. The molecule has 3 rings (SSSR count). The zero-order valence-electron chi connectivity index (χ0n) is 13.3. The van der Waals surface area contributed by atoms with Crippen molar-refractivity contribution >= 4 is 54.2 Å². The molecule has 128 valence electrons. The first-order valence-electron chi connectivity index (χ1n) is 7.78. The highest BCUT2D eigenvalue weighted by molar-refractivity contribution is 9.10. The smallest absolute Gasteiger partial charge is 0.240 e. The Kier molecular flexibility index (Phi) is 6.39. The second-order valence-corrected chi connectivity index (χ2v) is 8.72. The van der Waals surface area contributed by atoms with Crippen LogP contribution in [0.5, 0.6) is 0 Å². The normalized spacial score (nSPS) is 11.9. The molecule has 0 bridgehead atoms. The molecule has 0 radical (unpaired) electrons. The van der Waals surface area contributed by atoms with Crippen molar-refractivity contribution in [1.29, 1.82) is 0 Å². The largest absolute Gasteiger partial charge is 0.301 e. The van der Waals surface area contributed by atoms with Gasteiger partial charge < -0.3 is 5.32 Å². The molecular formula is C19H16Br2N2OS. The summed E-state index contributed by atoms with van der Waals surface area (Å²) in [6, 6.07) is 18.2. The van der Waals surface area contributed by atoms with E-state index in [9.17, 15) is 4.79 Å². The highest BCUT2D eigenvalue weighted by atomic mass is 79.9. The van der Waals surface area contributed by atoms with Gasteiger partial charge >= 0.3 is 0 Å². The molecular weight excluding hydrogens is 464 g/mol. The zero-order valence-corrected chi connectivity index (χ0v) is 17.3. The van der Waals surface area contributed by atoms with Gasteiger partial charge in [0.2, 0.25) is 5.91 Å². The van der Waals surface area contributed by atoms with Crippen LogP contribution in [-0.2, 0) is 17.6 Å². The second-order valence-electron chi connectivity index (χ2n) is 5.58. The molecule has 3 aromatic rings. The number of carbonyl (C=O) groups excluding carboxylic acids is 1. The third kappa shape index (κ3) is 5.49. The number of carbonyl (C=O) groups is 1. The Morgan fingerprint density at radius 1 is 1.08 bits per heavy atom. The third-order valence-corrected chi connectivity index (χ3v) is 5.80. The van der Waals surface area contributed by atoms with Crippen molar-refractivity contribution in [3.8, 4) is 0 Å². The van der Waals surface area contributed by atoms with Crippen LogP contribution in [0.1, 0.15) is 16.0 Å². The molecule has 3 nitrogen and oxygen atoms in total. The van der Waals surface area contributed by atoms with Gasteiger partial charge in [-0.1, -0.05) is 74.3 Å². The number of hydrogen-bond donors (Lipinski definition) is 1. The van der Waals surface area contributed by atoms with E-state index < -0.39 is 0 Å².